The Balaban J connectivity index is 1.84. The summed E-state index contributed by atoms with van der Waals surface area (Å²) in [5.41, 5.74) is 2.76. The molecule has 0 atom stereocenters. The number of hydrogen-bond acceptors (Lipinski definition) is 5. The molecule has 5 nitrogen and oxygen atoms in total. The van der Waals surface area contributed by atoms with Crippen LogP contribution in [0.2, 0.25) is 0 Å². The minimum atomic E-state index is 0.694. The van der Waals surface area contributed by atoms with Crippen molar-refractivity contribution >= 4 is 23.2 Å². The van der Waals surface area contributed by atoms with E-state index in [1.165, 1.54) is 11.1 Å². The van der Waals surface area contributed by atoms with Gasteiger partial charge < -0.3 is 10.2 Å². The molecule has 2 aromatic rings. The van der Waals surface area contributed by atoms with E-state index in [2.05, 4.69) is 38.2 Å². The van der Waals surface area contributed by atoms with Crippen LogP contribution >= 0.6 is 11.3 Å². The highest BCUT2D eigenvalue weighted by Gasteiger charge is 2.04. The van der Waals surface area contributed by atoms with Gasteiger partial charge in [-0.05, 0) is 35.2 Å². The van der Waals surface area contributed by atoms with Crippen LogP contribution < -0.4 is 10.2 Å². The molecule has 0 aliphatic carbocycles. The number of aromatic amines is 1. The lowest BCUT2D eigenvalue weighted by atomic mass is 10.1. The molecule has 2 rings (SSSR count). The van der Waals surface area contributed by atoms with E-state index in [0.717, 1.165) is 18.9 Å². The van der Waals surface area contributed by atoms with Crippen LogP contribution in [0.5, 0.6) is 0 Å². The van der Waals surface area contributed by atoms with Gasteiger partial charge in [0.05, 0.1) is 0 Å². The molecule has 0 radical (unpaired) electrons. The maximum absolute atomic E-state index is 4.30. The first-order valence-corrected chi connectivity index (χ1v) is 6.46. The predicted molar refractivity (Wildman–Crippen MR) is 72.0 cm³/mol. The van der Waals surface area contributed by atoms with E-state index in [4.69, 9.17) is 0 Å². The first-order chi connectivity index (χ1) is 8.16. The second-order valence-corrected chi connectivity index (χ2v) is 4.88. The molecule has 0 aliphatic rings. The van der Waals surface area contributed by atoms with Gasteiger partial charge in [0.25, 0.3) is 0 Å². The summed E-state index contributed by atoms with van der Waals surface area (Å²) in [7, 11) is 3.84. The summed E-state index contributed by atoms with van der Waals surface area (Å²) in [6.07, 6.45) is 1.01. The molecule has 0 aromatic carbocycles. The van der Waals surface area contributed by atoms with Crippen LogP contribution in [-0.2, 0) is 6.42 Å². The molecular weight excluding hydrogens is 234 g/mol. The van der Waals surface area contributed by atoms with Crippen molar-refractivity contribution in [1.29, 1.82) is 0 Å². The van der Waals surface area contributed by atoms with Crippen molar-refractivity contribution < 1.29 is 0 Å². The molecule has 2 heterocycles. The molecule has 2 aromatic heterocycles. The molecule has 6 heteroatoms. The van der Waals surface area contributed by atoms with Gasteiger partial charge in [0.15, 0.2) is 0 Å². The van der Waals surface area contributed by atoms with Crippen LogP contribution in [-0.4, -0.2) is 35.8 Å². The van der Waals surface area contributed by atoms with Gasteiger partial charge in [0.2, 0.25) is 11.9 Å². The second kappa shape index (κ2) is 5.18. The first kappa shape index (κ1) is 11.9. The zero-order valence-electron chi connectivity index (χ0n) is 10.3. The molecular formula is C11H17N5S. The highest BCUT2D eigenvalue weighted by atomic mass is 32.1. The Hall–Kier alpha value is -1.56. The Bertz CT molecular complexity index is 474. The molecule has 0 saturated carbocycles. The van der Waals surface area contributed by atoms with Crippen molar-refractivity contribution in [2.75, 3.05) is 30.9 Å². The predicted octanol–water partition coefficient (Wildman–Crippen LogP) is 1.90. The number of nitrogens with zero attached hydrogens (tertiary/aromatic N) is 3. The van der Waals surface area contributed by atoms with E-state index in [1.54, 1.807) is 11.3 Å². The quantitative estimate of drug-likeness (QED) is 0.852. The van der Waals surface area contributed by atoms with Gasteiger partial charge in [-0.15, -0.1) is 5.10 Å². The highest BCUT2D eigenvalue weighted by molar-refractivity contribution is 7.08. The van der Waals surface area contributed by atoms with E-state index >= 15 is 0 Å². The average Bonchev–Trinajstić information content (AvgIpc) is 2.89. The van der Waals surface area contributed by atoms with Crippen molar-refractivity contribution in [1.82, 2.24) is 15.2 Å². The smallest absolute Gasteiger partial charge is 0.245 e. The minimum absolute atomic E-state index is 0.694. The van der Waals surface area contributed by atoms with E-state index in [9.17, 15) is 0 Å². The van der Waals surface area contributed by atoms with Crippen molar-refractivity contribution in [3.05, 3.63) is 21.9 Å². The number of thiophene rings is 1. The highest BCUT2D eigenvalue weighted by Crippen LogP contribution is 2.14. The van der Waals surface area contributed by atoms with Gasteiger partial charge >= 0.3 is 0 Å². The Morgan fingerprint density at radius 1 is 1.41 bits per heavy atom. The van der Waals surface area contributed by atoms with Gasteiger partial charge in [0, 0.05) is 20.6 Å². The molecule has 0 unspecified atom stereocenters. The third-order valence-corrected chi connectivity index (χ3v) is 3.43. The molecule has 0 saturated heterocycles. The Morgan fingerprint density at radius 2 is 2.24 bits per heavy atom. The molecule has 2 N–H and O–H groups in total. The number of anilines is 2. The lowest BCUT2D eigenvalue weighted by Crippen LogP contribution is -2.10. The lowest BCUT2D eigenvalue weighted by Gasteiger charge is -2.04. The molecule has 17 heavy (non-hydrogen) atoms. The average molecular weight is 251 g/mol. The SMILES string of the molecule is Cc1cscc1CCNc1nc(N(C)C)n[nH]1. The fraction of sp³-hybridized carbons (Fsp3) is 0.455. The summed E-state index contributed by atoms with van der Waals surface area (Å²) in [5.74, 6) is 1.42. The standard InChI is InChI=1S/C11H17N5S/c1-8-6-17-7-9(8)4-5-12-10-13-11(15-14-10)16(2)3/h6-7H,4-5H2,1-3H3,(H2,12,13,14,15). The summed E-state index contributed by atoms with van der Waals surface area (Å²) in [5, 5.41) is 14.6. The maximum Gasteiger partial charge on any atom is 0.245 e. The third-order valence-electron chi connectivity index (χ3n) is 2.52. The van der Waals surface area contributed by atoms with E-state index in [1.807, 2.05) is 19.0 Å². The number of rotatable bonds is 5. The zero-order valence-corrected chi connectivity index (χ0v) is 11.1. The maximum atomic E-state index is 4.30. The van der Waals surface area contributed by atoms with Crippen molar-refractivity contribution in [2.45, 2.75) is 13.3 Å². The number of nitrogens with one attached hydrogen (secondary N) is 2. The van der Waals surface area contributed by atoms with Crippen LogP contribution in [0, 0.1) is 6.92 Å². The zero-order chi connectivity index (χ0) is 12.3. The van der Waals surface area contributed by atoms with Gasteiger partial charge in [-0.1, -0.05) is 0 Å². The van der Waals surface area contributed by atoms with Crippen molar-refractivity contribution in [3.8, 4) is 0 Å². The normalized spacial score (nSPS) is 10.5. The van der Waals surface area contributed by atoms with Crippen LogP contribution in [0.3, 0.4) is 0 Å². The minimum Gasteiger partial charge on any atom is -0.354 e. The monoisotopic (exact) mass is 251 g/mol. The van der Waals surface area contributed by atoms with Crippen LogP contribution in [0.25, 0.3) is 0 Å². The van der Waals surface area contributed by atoms with Crippen LogP contribution in [0.4, 0.5) is 11.9 Å². The first-order valence-electron chi connectivity index (χ1n) is 5.52. The Labute approximate surface area is 105 Å². The fourth-order valence-electron chi connectivity index (χ4n) is 1.49. The number of aromatic nitrogens is 3. The van der Waals surface area contributed by atoms with Crippen LogP contribution in [0.1, 0.15) is 11.1 Å². The molecule has 0 amide bonds. The summed E-state index contributed by atoms with van der Waals surface area (Å²) >= 11 is 1.75. The Morgan fingerprint density at radius 3 is 2.82 bits per heavy atom. The molecule has 92 valence electrons. The summed E-state index contributed by atoms with van der Waals surface area (Å²) < 4.78 is 0. The topological polar surface area (TPSA) is 56.8 Å². The Kier molecular flexibility index (Phi) is 3.63. The molecule has 0 aliphatic heterocycles. The van der Waals surface area contributed by atoms with Gasteiger partial charge in [-0.3, -0.25) is 0 Å². The fourth-order valence-corrected chi connectivity index (χ4v) is 2.38. The van der Waals surface area contributed by atoms with E-state index in [0.29, 0.717) is 5.95 Å². The molecule has 0 bridgehead atoms. The summed E-state index contributed by atoms with van der Waals surface area (Å²) in [6, 6.07) is 0. The molecule has 0 spiro atoms. The van der Waals surface area contributed by atoms with Gasteiger partial charge in [-0.2, -0.15) is 16.3 Å². The van der Waals surface area contributed by atoms with E-state index < -0.39 is 0 Å². The summed E-state index contributed by atoms with van der Waals surface area (Å²) in [4.78, 5) is 6.17. The number of H-pyrrole nitrogens is 1. The number of aryl methyl sites for hydroxylation is 1. The number of hydrogen-bond donors (Lipinski definition) is 2. The largest absolute Gasteiger partial charge is 0.354 e. The van der Waals surface area contributed by atoms with E-state index in [-0.39, 0.29) is 0 Å². The van der Waals surface area contributed by atoms with Gasteiger partial charge in [0.1, 0.15) is 0 Å². The second-order valence-electron chi connectivity index (χ2n) is 4.14. The third kappa shape index (κ3) is 2.97. The summed E-state index contributed by atoms with van der Waals surface area (Å²) in [6.45, 7) is 3.00. The van der Waals surface area contributed by atoms with Crippen molar-refractivity contribution in [2.24, 2.45) is 0 Å². The van der Waals surface area contributed by atoms with Crippen LogP contribution in [0.15, 0.2) is 10.8 Å². The van der Waals surface area contributed by atoms with Crippen molar-refractivity contribution in [3.63, 3.8) is 0 Å². The molecule has 0 fully saturated rings. The van der Waals surface area contributed by atoms with Gasteiger partial charge in [-0.25, -0.2) is 5.10 Å². The lowest BCUT2D eigenvalue weighted by molar-refractivity contribution is 0.978.